The standard InChI is InChI=1S/C18H14F3N7O3/c1-2-26-7-11(6-22)16(30)27(17(26)31)8-15(29)25-13-5-12(18(19,20)21)3-4-14(13)28-10-23-9-24-28/h3-5,7,9-10H,2,8H2,1H3,(H,25,29). The Morgan fingerprint density at radius 1 is 1.29 bits per heavy atom. The van der Waals surface area contributed by atoms with Gasteiger partial charge in [0.1, 0.15) is 30.8 Å². The van der Waals surface area contributed by atoms with E-state index in [-0.39, 0.29) is 23.5 Å². The topological polar surface area (TPSA) is 128 Å². The number of carbonyl (C=O) groups is 1. The highest BCUT2D eigenvalue weighted by Crippen LogP contribution is 2.33. The molecule has 160 valence electrons. The van der Waals surface area contributed by atoms with Crippen LogP contribution in [-0.4, -0.2) is 29.8 Å². The van der Waals surface area contributed by atoms with E-state index in [1.54, 1.807) is 13.0 Å². The Hall–Kier alpha value is -4.21. The summed E-state index contributed by atoms with van der Waals surface area (Å²) in [6, 6.07) is 4.26. The number of benzene rings is 1. The van der Waals surface area contributed by atoms with E-state index in [1.807, 2.05) is 0 Å². The summed E-state index contributed by atoms with van der Waals surface area (Å²) in [5, 5.41) is 15.2. The number of hydrogen-bond acceptors (Lipinski definition) is 6. The molecule has 3 aromatic rings. The van der Waals surface area contributed by atoms with Gasteiger partial charge in [0, 0.05) is 12.7 Å². The van der Waals surface area contributed by atoms with Crippen LogP contribution in [-0.2, 0) is 24.1 Å². The number of alkyl halides is 3. The van der Waals surface area contributed by atoms with Crippen LogP contribution in [0.25, 0.3) is 5.69 Å². The zero-order valence-electron chi connectivity index (χ0n) is 15.9. The van der Waals surface area contributed by atoms with E-state index in [0.717, 1.165) is 33.9 Å². The molecule has 0 atom stereocenters. The Labute approximate surface area is 171 Å². The number of rotatable bonds is 5. The van der Waals surface area contributed by atoms with Gasteiger partial charge in [-0.3, -0.25) is 14.2 Å². The zero-order chi connectivity index (χ0) is 22.8. The maximum absolute atomic E-state index is 13.1. The predicted octanol–water partition coefficient (Wildman–Crippen LogP) is 1.14. The molecule has 0 bridgehead atoms. The lowest BCUT2D eigenvalue weighted by molar-refractivity contribution is -0.137. The third-order valence-corrected chi connectivity index (χ3v) is 4.26. The maximum atomic E-state index is 13.1. The Morgan fingerprint density at radius 3 is 2.61 bits per heavy atom. The van der Waals surface area contributed by atoms with Crippen molar-refractivity contribution in [1.29, 1.82) is 5.26 Å². The molecule has 0 aliphatic heterocycles. The van der Waals surface area contributed by atoms with Gasteiger partial charge in [-0.25, -0.2) is 19.0 Å². The van der Waals surface area contributed by atoms with E-state index in [2.05, 4.69) is 15.4 Å². The van der Waals surface area contributed by atoms with Crippen LogP contribution in [0.1, 0.15) is 18.1 Å². The SMILES string of the molecule is CCn1cc(C#N)c(=O)n(CC(=O)Nc2cc(C(F)(F)F)ccc2-n2cncn2)c1=O. The summed E-state index contributed by atoms with van der Waals surface area (Å²) in [5.74, 6) is -0.947. The van der Waals surface area contributed by atoms with Gasteiger partial charge in [0.05, 0.1) is 16.9 Å². The minimum absolute atomic E-state index is 0.0861. The average molecular weight is 433 g/mol. The van der Waals surface area contributed by atoms with E-state index in [9.17, 15) is 27.6 Å². The van der Waals surface area contributed by atoms with Crippen molar-refractivity contribution in [3.05, 3.63) is 69.0 Å². The number of nitriles is 1. The molecule has 1 amide bonds. The van der Waals surface area contributed by atoms with Crippen LogP contribution in [0.5, 0.6) is 0 Å². The lowest BCUT2D eigenvalue weighted by atomic mass is 10.1. The molecule has 3 rings (SSSR count). The van der Waals surface area contributed by atoms with Crippen LogP contribution >= 0.6 is 0 Å². The summed E-state index contributed by atoms with van der Waals surface area (Å²) in [6.45, 7) is 0.935. The molecule has 0 fully saturated rings. The highest BCUT2D eigenvalue weighted by atomic mass is 19.4. The fourth-order valence-electron chi connectivity index (χ4n) is 2.77. The normalized spacial score (nSPS) is 11.2. The summed E-state index contributed by atoms with van der Waals surface area (Å²) in [5.41, 5.74) is -3.36. The number of amides is 1. The van der Waals surface area contributed by atoms with Crippen LogP contribution < -0.4 is 16.6 Å². The molecular formula is C18H14F3N7O3. The molecule has 13 heteroatoms. The number of aromatic nitrogens is 5. The van der Waals surface area contributed by atoms with Gasteiger partial charge < -0.3 is 5.32 Å². The van der Waals surface area contributed by atoms with E-state index in [4.69, 9.17) is 5.26 Å². The van der Waals surface area contributed by atoms with Crippen LogP contribution in [0, 0.1) is 11.3 Å². The molecule has 2 heterocycles. The minimum Gasteiger partial charge on any atom is -0.323 e. The first-order valence-corrected chi connectivity index (χ1v) is 8.76. The quantitative estimate of drug-likeness (QED) is 0.643. The number of hydrogen-bond donors (Lipinski definition) is 1. The molecular weight excluding hydrogens is 419 g/mol. The van der Waals surface area contributed by atoms with Crippen molar-refractivity contribution in [2.75, 3.05) is 5.32 Å². The fourth-order valence-corrected chi connectivity index (χ4v) is 2.77. The fraction of sp³-hybridized carbons (Fsp3) is 0.222. The first kappa shape index (κ1) is 21.5. The Balaban J connectivity index is 2.00. The molecule has 0 saturated heterocycles. The second-order valence-corrected chi connectivity index (χ2v) is 6.23. The summed E-state index contributed by atoms with van der Waals surface area (Å²) in [7, 11) is 0. The Kier molecular flexibility index (Phi) is 5.73. The Bertz CT molecular complexity index is 1280. The third kappa shape index (κ3) is 4.37. The van der Waals surface area contributed by atoms with Gasteiger partial charge >= 0.3 is 11.9 Å². The number of halogens is 3. The maximum Gasteiger partial charge on any atom is 0.416 e. The van der Waals surface area contributed by atoms with E-state index >= 15 is 0 Å². The van der Waals surface area contributed by atoms with Gasteiger partial charge in [0.15, 0.2) is 0 Å². The number of nitrogens with one attached hydrogen (secondary N) is 1. The first-order valence-electron chi connectivity index (χ1n) is 8.76. The zero-order valence-corrected chi connectivity index (χ0v) is 15.9. The molecule has 31 heavy (non-hydrogen) atoms. The molecule has 1 aromatic carbocycles. The van der Waals surface area contributed by atoms with Gasteiger partial charge in [-0.05, 0) is 25.1 Å². The third-order valence-electron chi connectivity index (χ3n) is 4.26. The first-order chi connectivity index (χ1) is 14.7. The van der Waals surface area contributed by atoms with Crippen molar-refractivity contribution in [2.24, 2.45) is 0 Å². The molecule has 0 unspecified atom stereocenters. The average Bonchev–Trinajstić information content (AvgIpc) is 3.25. The van der Waals surface area contributed by atoms with Gasteiger partial charge in [-0.1, -0.05) is 0 Å². The monoisotopic (exact) mass is 433 g/mol. The molecule has 10 nitrogen and oxygen atoms in total. The lowest BCUT2D eigenvalue weighted by Gasteiger charge is -2.15. The van der Waals surface area contributed by atoms with Crippen molar-refractivity contribution in [1.82, 2.24) is 23.9 Å². The molecule has 0 spiro atoms. The molecule has 0 saturated carbocycles. The summed E-state index contributed by atoms with van der Waals surface area (Å²) < 4.78 is 42.1. The van der Waals surface area contributed by atoms with Crippen LogP contribution in [0.2, 0.25) is 0 Å². The smallest absolute Gasteiger partial charge is 0.323 e. The highest BCUT2D eigenvalue weighted by Gasteiger charge is 2.31. The minimum atomic E-state index is -4.67. The van der Waals surface area contributed by atoms with Crippen LogP contribution in [0.15, 0.2) is 46.6 Å². The van der Waals surface area contributed by atoms with E-state index in [0.29, 0.717) is 10.6 Å². The van der Waals surface area contributed by atoms with Gasteiger partial charge in [-0.15, -0.1) is 0 Å². The van der Waals surface area contributed by atoms with Crippen molar-refractivity contribution >= 4 is 11.6 Å². The van der Waals surface area contributed by atoms with Crippen molar-refractivity contribution in [3.8, 4) is 11.8 Å². The van der Waals surface area contributed by atoms with Crippen molar-refractivity contribution in [3.63, 3.8) is 0 Å². The lowest BCUT2D eigenvalue weighted by Crippen LogP contribution is -2.43. The van der Waals surface area contributed by atoms with E-state index in [1.165, 1.54) is 6.33 Å². The number of carbonyl (C=O) groups excluding carboxylic acids is 1. The van der Waals surface area contributed by atoms with Gasteiger partial charge in [-0.2, -0.15) is 23.5 Å². The molecule has 2 aromatic heterocycles. The predicted molar refractivity (Wildman–Crippen MR) is 100 cm³/mol. The number of anilines is 1. The Morgan fingerprint density at radius 2 is 2.03 bits per heavy atom. The second kappa shape index (κ2) is 8.27. The summed E-state index contributed by atoms with van der Waals surface area (Å²) >= 11 is 0. The molecule has 1 N–H and O–H groups in total. The number of nitrogens with zero attached hydrogens (tertiary/aromatic N) is 6. The molecule has 0 aliphatic carbocycles. The summed E-state index contributed by atoms with van der Waals surface area (Å²) in [4.78, 5) is 40.9. The van der Waals surface area contributed by atoms with Crippen LogP contribution in [0.3, 0.4) is 0 Å². The van der Waals surface area contributed by atoms with E-state index < -0.39 is 35.4 Å². The second-order valence-electron chi connectivity index (χ2n) is 6.23. The van der Waals surface area contributed by atoms with Gasteiger partial charge in [0.25, 0.3) is 5.56 Å². The van der Waals surface area contributed by atoms with Crippen molar-refractivity contribution < 1.29 is 18.0 Å². The number of aryl methyl sites for hydroxylation is 1. The van der Waals surface area contributed by atoms with Crippen molar-refractivity contribution in [2.45, 2.75) is 26.2 Å². The molecule has 0 aliphatic rings. The largest absolute Gasteiger partial charge is 0.416 e. The highest BCUT2D eigenvalue weighted by molar-refractivity contribution is 5.92. The van der Waals surface area contributed by atoms with Crippen LogP contribution in [0.4, 0.5) is 18.9 Å². The summed E-state index contributed by atoms with van der Waals surface area (Å²) in [6.07, 6.45) is -1.22. The molecule has 0 radical (unpaired) electrons. The van der Waals surface area contributed by atoms with Gasteiger partial charge in [0.2, 0.25) is 5.91 Å².